The molecule has 0 aliphatic heterocycles. The van der Waals surface area contributed by atoms with Gasteiger partial charge in [0, 0.05) is 34.8 Å². The highest BCUT2D eigenvalue weighted by atomic mass is 35.5. The third-order valence-electron chi connectivity index (χ3n) is 5.09. The quantitative estimate of drug-likeness (QED) is 0.337. The topological polar surface area (TPSA) is 60.2 Å². The second-order valence-corrected chi connectivity index (χ2v) is 7.65. The molecule has 0 unspecified atom stereocenters. The normalized spacial score (nSPS) is 11.0. The van der Waals surface area contributed by atoms with E-state index in [0.29, 0.717) is 10.6 Å². The molecule has 0 spiro atoms. The molecular formula is C25H17ClN4O. The molecule has 0 saturated carbocycles. The molecule has 0 fully saturated rings. The average Bonchev–Trinajstić information content (AvgIpc) is 3.18. The fraction of sp³-hybridized carbons (Fsp3) is 0.0400. The van der Waals surface area contributed by atoms with Gasteiger partial charge in [0.25, 0.3) is 0 Å². The number of pyridine rings is 3. The summed E-state index contributed by atoms with van der Waals surface area (Å²) in [6, 6.07) is 20.9. The predicted molar refractivity (Wildman–Crippen MR) is 122 cm³/mol. The summed E-state index contributed by atoms with van der Waals surface area (Å²) in [5.74, 6) is 0. The zero-order valence-electron chi connectivity index (χ0n) is 16.7. The van der Waals surface area contributed by atoms with Crippen molar-refractivity contribution >= 4 is 23.5 Å². The summed E-state index contributed by atoms with van der Waals surface area (Å²) in [7, 11) is 0. The number of hydrogen-bond donors (Lipinski definition) is 0. The van der Waals surface area contributed by atoms with E-state index in [2.05, 4.69) is 9.97 Å². The largest absolute Gasteiger partial charge is 0.298 e. The van der Waals surface area contributed by atoms with Crippen LogP contribution in [0.1, 0.15) is 16.1 Å². The van der Waals surface area contributed by atoms with Crippen molar-refractivity contribution in [1.82, 2.24) is 19.4 Å². The lowest BCUT2D eigenvalue weighted by Crippen LogP contribution is -1.93. The molecule has 5 nitrogen and oxygen atoms in total. The van der Waals surface area contributed by atoms with E-state index in [4.69, 9.17) is 16.6 Å². The SMILES string of the molecule is Cc1cccc(-c2nc3ccc(Cl)cn3c2-c2ccnc(-c3ccc(C=O)cc3)c2)n1. The van der Waals surface area contributed by atoms with Crippen LogP contribution in [0.4, 0.5) is 0 Å². The Morgan fingerprint density at radius 1 is 0.903 bits per heavy atom. The van der Waals surface area contributed by atoms with Crippen LogP contribution in [-0.4, -0.2) is 25.6 Å². The second-order valence-electron chi connectivity index (χ2n) is 7.22. The molecule has 0 bridgehead atoms. The first-order valence-corrected chi connectivity index (χ1v) is 10.1. The number of carbonyl (C=O) groups excluding carboxylic acids is 1. The fourth-order valence-corrected chi connectivity index (χ4v) is 3.78. The Balaban J connectivity index is 1.73. The Kier molecular flexibility index (Phi) is 4.81. The van der Waals surface area contributed by atoms with Gasteiger partial charge < -0.3 is 0 Å². The standard InChI is InChI=1S/C25H17ClN4O/c1-16-3-2-4-21(28-16)24-25(30-14-20(26)9-10-23(30)29-24)19-11-12-27-22(13-19)18-7-5-17(15-31)6-8-18/h2-15H,1H3. The summed E-state index contributed by atoms with van der Waals surface area (Å²) in [6.07, 6.45) is 4.46. The first-order valence-electron chi connectivity index (χ1n) is 9.76. The number of aryl methyl sites for hydroxylation is 1. The predicted octanol–water partition coefficient (Wildman–Crippen LogP) is 5.90. The molecule has 5 aromatic rings. The van der Waals surface area contributed by atoms with Crippen LogP contribution in [0.25, 0.3) is 39.5 Å². The lowest BCUT2D eigenvalue weighted by molar-refractivity contribution is 0.112. The first kappa shape index (κ1) is 19.2. The molecular weight excluding hydrogens is 408 g/mol. The van der Waals surface area contributed by atoms with E-state index in [-0.39, 0.29) is 0 Å². The first-order chi connectivity index (χ1) is 15.1. The summed E-state index contributed by atoms with van der Waals surface area (Å²) in [5.41, 5.74) is 7.47. The number of halogens is 1. The third kappa shape index (κ3) is 3.60. The van der Waals surface area contributed by atoms with Gasteiger partial charge in [-0.05, 0) is 43.3 Å². The molecule has 0 N–H and O–H groups in total. The highest BCUT2D eigenvalue weighted by Gasteiger charge is 2.18. The highest BCUT2D eigenvalue weighted by Crippen LogP contribution is 2.34. The molecule has 150 valence electrons. The molecule has 5 rings (SSSR count). The number of carbonyl (C=O) groups is 1. The maximum absolute atomic E-state index is 11.0. The van der Waals surface area contributed by atoms with Crippen molar-refractivity contribution in [3.8, 4) is 33.9 Å². The molecule has 6 heteroatoms. The molecule has 0 radical (unpaired) electrons. The lowest BCUT2D eigenvalue weighted by atomic mass is 10.0. The Bertz CT molecular complexity index is 1420. The van der Waals surface area contributed by atoms with Gasteiger partial charge in [0.05, 0.1) is 22.1 Å². The monoisotopic (exact) mass is 424 g/mol. The number of benzene rings is 1. The number of hydrogen-bond acceptors (Lipinski definition) is 4. The number of fused-ring (bicyclic) bond motifs is 1. The zero-order valence-corrected chi connectivity index (χ0v) is 17.4. The van der Waals surface area contributed by atoms with Crippen molar-refractivity contribution in [2.24, 2.45) is 0 Å². The third-order valence-corrected chi connectivity index (χ3v) is 5.31. The Morgan fingerprint density at radius 2 is 1.74 bits per heavy atom. The van der Waals surface area contributed by atoms with Gasteiger partial charge in [0.2, 0.25) is 0 Å². The molecule has 0 atom stereocenters. The summed E-state index contributed by atoms with van der Waals surface area (Å²) in [6.45, 7) is 1.96. The van der Waals surface area contributed by atoms with Gasteiger partial charge in [0.15, 0.2) is 0 Å². The molecule has 0 amide bonds. The Morgan fingerprint density at radius 3 is 2.52 bits per heavy atom. The number of aromatic nitrogens is 4. The minimum atomic E-state index is 0.619. The number of imidazole rings is 1. The van der Waals surface area contributed by atoms with Gasteiger partial charge in [-0.2, -0.15) is 0 Å². The van der Waals surface area contributed by atoms with Gasteiger partial charge in [-0.1, -0.05) is 41.9 Å². The molecule has 0 saturated heterocycles. The van der Waals surface area contributed by atoms with Crippen LogP contribution in [0, 0.1) is 6.92 Å². The van der Waals surface area contributed by atoms with Crippen LogP contribution < -0.4 is 0 Å². The van der Waals surface area contributed by atoms with Crippen LogP contribution in [0.2, 0.25) is 5.02 Å². The van der Waals surface area contributed by atoms with Crippen molar-refractivity contribution in [3.05, 3.63) is 95.4 Å². The second kappa shape index (κ2) is 7.78. The molecule has 0 aliphatic carbocycles. The average molecular weight is 425 g/mol. The number of rotatable bonds is 4. The minimum absolute atomic E-state index is 0.619. The van der Waals surface area contributed by atoms with E-state index in [1.54, 1.807) is 18.3 Å². The van der Waals surface area contributed by atoms with Crippen LogP contribution in [0.3, 0.4) is 0 Å². The minimum Gasteiger partial charge on any atom is -0.298 e. The maximum atomic E-state index is 11.0. The summed E-state index contributed by atoms with van der Waals surface area (Å²) in [4.78, 5) is 25.0. The van der Waals surface area contributed by atoms with Crippen molar-refractivity contribution < 1.29 is 4.79 Å². The van der Waals surface area contributed by atoms with Gasteiger partial charge in [-0.3, -0.25) is 19.2 Å². The molecule has 4 aromatic heterocycles. The van der Waals surface area contributed by atoms with E-state index < -0.39 is 0 Å². The fourth-order valence-electron chi connectivity index (χ4n) is 3.62. The molecule has 4 heterocycles. The summed E-state index contributed by atoms with van der Waals surface area (Å²) in [5, 5.41) is 0.619. The van der Waals surface area contributed by atoms with Crippen LogP contribution in [-0.2, 0) is 0 Å². The van der Waals surface area contributed by atoms with E-state index >= 15 is 0 Å². The molecule has 1 aromatic carbocycles. The highest BCUT2D eigenvalue weighted by molar-refractivity contribution is 6.30. The van der Waals surface area contributed by atoms with E-state index in [1.807, 2.05) is 72.1 Å². The number of aldehydes is 1. The van der Waals surface area contributed by atoms with Crippen LogP contribution in [0.15, 0.2) is 79.1 Å². The van der Waals surface area contributed by atoms with E-state index in [1.165, 1.54) is 0 Å². The zero-order chi connectivity index (χ0) is 21.4. The number of nitrogens with zero attached hydrogens (tertiary/aromatic N) is 4. The van der Waals surface area contributed by atoms with Crippen molar-refractivity contribution in [3.63, 3.8) is 0 Å². The van der Waals surface area contributed by atoms with Crippen molar-refractivity contribution in [2.75, 3.05) is 0 Å². The molecule has 0 aliphatic rings. The summed E-state index contributed by atoms with van der Waals surface area (Å²) >= 11 is 6.31. The summed E-state index contributed by atoms with van der Waals surface area (Å²) < 4.78 is 1.98. The van der Waals surface area contributed by atoms with E-state index in [9.17, 15) is 4.79 Å². The van der Waals surface area contributed by atoms with E-state index in [0.717, 1.165) is 51.5 Å². The van der Waals surface area contributed by atoms with Gasteiger partial charge in [-0.25, -0.2) is 4.98 Å². The Labute approximate surface area is 184 Å². The Hall–Kier alpha value is -3.83. The maximum Gasteiger partial charge on any atom is 0.150 e. The lowest BCUT2D eigenvalue weighted by Gasteiger charge is -2.08. The van der Waals surface area contributed by atoms with Crippen LogP contribution >= 0.6 is 11.6 Å². The van der Waals surface area contributed by atoms with Crippen LogP contribution in [0.5, 0.6) is 0 Å². The van der Waals surface area contributed by atoms with Crippen molar-refractivity contribution in [2.45, 2.75) is 6.92 Å². The van der Waals surface area contributed by atoms with Gasteiger partial charge in [-0.15, -0.1) is 0 Å². The van der Waals surface area contributed by atoms with Gasteiger partial charge >= 0.3 is 0 Å². The molecule has 31 heavy (non-hydrogen) atoms. The smallest absolute Gasteiger partial charge is 0.150 e. The van der Waals surface area contributed by atoms with Gasteiger partial charge in [0.1, 0.15) is 17.6 Å². The van der Waals surface area contributed by atoms with Crippen molar-refractivity contribution in [1.29, 1.82) is 0 Å².